The smallest absolute Gasteiger partial charge is 0.0437 e. The molecule has 0 atom stereocenters. The molecule has 1 saturated carbocycles. The van der Waals surface area contributed by atoms with Crippen molar-refractivity contribution in [2.45, 2.75) is 26.2 Å². The Morgan fingerprint density at radius 2 is 2.27 bits per heavy atom. The maximum Gasteiger partial charge on any atom is 0.0437 e. The van der Waals surface area contributed by atoms with Gasteiger partial charge in [0.2, 0.25) is 0 Å². The van der Waals surface area contributed by atoms with Gasteiger partial charge in [0, 0.05) is 5.03 Å². The van der Waals surface area contributed by atoms with Gasteiger partial charge in [0.05, 0.1) is 0 Å². The molecule has 1 aliphatic carbocycles. The lowest BCUT2D eigenvalue weighted by atomic mass is 10.1. The average Bonchev–Trinajstić information content (AvgIpc) is 2.36. The molecule has 11 heavy (non-hydrogen) atoms. The van der Waals surface area contributed by atoms with E-state index in [9.17, 15) is 0 Å². The summed E-state index contributed by atoms with van der Waals surface area (Å²) in [5, 5.41) is 0.870. The zero-order valence-corrected chi connectivity index (χ0v) is 7.62. The molecule has 0 radical (unpaired) electrons. The van der Waals surface area contributed by atoms with Crippen LogP contribution in [-0.2, 0) is 0 Å². The first-order valence-corrected chi connectivity index (χ1v) is 4.33. The predicted molar refractivity (Wildman–Crippen MR) is 50.7 cm³/mol. The largest absolute Gasteiger partial charge is 0.0955 e. The Morgan fingerprint density at radius 3 is 2.73 bits per heavy atom. The molecule has 60 valence electrons. The van der Waals surface area contributed by atoms with E-state index in [0.29, 0.717) is 0 Å². The molecule has 0 spiro atoms. The highest BCUT2D eigenvalue weighted by Gasteiger charge is 2.13. The third-order valence-corrected chi connectivity index (χ3v) is 2.29. The molecule has 1 rings (SSSR count). The fourth-order valence-electron chi connectivity index (χ4n) is 1.34. The van der Waals surface area contributed by atoms with E-state index in [-0.39, 0.29) is 0 Å². The first-order chi connectivity index (χ1) is 5.25. The molecule has 1 aliphatic rings. The summed E-state index contributed by atoms with van der Waals surface area (Å²) >= 11 is 6.01. The van der Waals surface area contributed by atoms with Crippen molar-refractivity contribution in [3.63, 3.8) is 0 Å². The molecule has 0 saturated heterocycles. The minimum absolute atomic E-state index is 0.870. The van der Waals surface area contributed by atoms with Crippen LogP contribution >= 0.6 is 11.6 Å². The molecule has 1 heteroatoms. The van der Waals surface area contributed by atoms with Crippen LogP contribution in [0.3, 0.4) is 0 Å². The van der Waals surface area contributed by atoms with Crippen molar-refractivity contribution in [2.24, 2.45) is 0 Å². The average molecular weight is 169 g/mol. The molecule has 0 heterocycles. The number of hydrogen-bond acceptors (Lipinski definition) is 0. The standard InChI is InChI=1S/C10H13Cl/c1-3-5-10(11)9-7-4-6-8(9)2/h3,5H,2,4,6-7H2,1H3/b5-3-,10-9+. The summed E-state index contributed by atoms with van der Waals surface area (Å²) < 4.78 is 0. The maximum absolute atomic E-state index is 6.01. The van der Waals surface area contributed by atoms with E-state index in [0.717, 1.165) is 17.9 Å². The van der Waals surface area contributed by atoms with Gasteiger partial charge < -0.3 is 0 Å². The van der Waals surface area contributed by atoms with Gasteiger partial charge in [0.1, 0.15) is 0 Å². The van der Waals surface area contributed by atoms with Gasteiger partial charge in [-0.3, -0.25) is 0 Å². The van der Waals surface area contributed by atoms with Crippen LogP contribution in [0.15, 0.2) is 34.9 Å². The third kappa shape index (κ3) is 1.97. The van der Waals surface area contributed by atoms with Crippen LogP contribution in [0.4, 0.5) is 0 Å². The number of halogens is 1. The summed E-state index contributed by atoms with van der Waals surface area (Å²) in [7, 11) is 0. The second-order valence-electron chi connectivity index (χ2n) is 2.78. The fraction of sp³-hybridized carbons (Fsp3) is 0.400. The van der Waals surface area contributed by atoms with Gasteiger partial charge in [0.15, 0.2) is 0 Å². The van der Waals surface area contributed by atoms with E-state index < -0.39 is 0 Å². The van der Waals surface area contributed by atoms with Gasteiger partial charge in [-0.05, 0) is 37.8 Å². The van der Waals surface area contributed by atoms with Crippen molar-refractivity contribution in [3.05, 3.63) is 34.9 Å². The summed E-state index contributed by atoms with van der Waals surface area (Å²) in [4.78, 5) is 0. The molecule has 0 bridgehead atoms. The lowest BCUT2D eigenvalue weighted by Crippen LogP contribution is -1.78. The highest BCUT2D eigenvalue weighted by Crippen LogP contribution is 2.33. The lowest BCUT2D eigenvalue weighted by Gasteiger charge is -1.98. The molecule has 0 aromatic carbocycles. The molecule has 0 nitrogen and oxygen atoms in total. The van der Waals surface area contributed by atoms with E-state index in [4.69, 9.17) is 11.6 Å². The van der Waals surface area contributed by atoms with E-state index in [1.165, 1.54) is 17.6 Å². The highest BCUT2D eigenvalue weighted by atomic mass is 35.5. The van der Waals surface area contributed by atoms with E-state index in [2.05, 4.69) is 6.58 Å². The number of rotatable bonds is 1. The number of allylic oxidation sites excluding steroid dienone is 5. The summed E-state index contributed by atoms with van der Waals surface area (Å²) in [6, 6.07) is 0. The van der Waals surface area contributed by atoms with Gasteiger partial charge in [-0.1, -0.05) is 29.8 Å². The van der Waals surface area contributed by atoms with Crippen LogP contribution in [0, 0.1) is 0 Å². The van der Waals surface area contributed by atoms with Gasteiger partial charge in [-0.15, -0.1) is 0 Å². The Hall–Kier alpha value is -0.490. The van der Waals surface area contributed by atoms with Crippen LogP contribution in [0.25, 0.3) is 0 Å². The van der Waals surface area contributed by atoms with Crippen LogP contribution in [0.2, 0.25) is 0 Å². The monoisotopic (exact) mass is 168 g/mol. The van der Waals surface area contributed by atoms with Crippen molar-refractivity contribution in [2.75, 3.05) is 0 Å². The Morgan fingerprint density at radius 1 is 1.55 bits per heavy atom. The molecule has 0 aromatic heterocycles. The van der Waals surface area contributed by atoms with Crippen LogP contribution in [-0.4, -0.2) is 0 Å². The third-order valence-electron chi connectivity index (χ3n) is 1.93. The Balaban J connectivity index is 2.85. The Labute approximate surface area is 73.3 Å². The molecular weight excluding hydrogens is 156 g/mol. The summed E-state index contributed by atoms with van der Waals surface area (Å²) in [6.45, 7) is 5.94. The Bertz CT molecular complexity index is 221. The topological polar surface area (TPSA) is 0 Å². The fourth-order valence-corrected chi connectivity index (χ4v) is 1.70. The molecule has 1 fully saturated rings. The summed E-state index contributed by atoms with van der Waals surface area (Å²) in [5.74, 6) is 0. The first-order valence-electron chi connectivity index (χ1n) is 3.95. The van der Waals surface area contributed by atoms with Crippen molar-refractivity contribution in [1.29, 1.82) is 0 Å². The van der Waals surface area contributed by atoms with Crippen molar-refractivity contribution >= 4 is 11.6 Å². The minimum atomic E-state index is 0.870. The molecule has 0 unspecified atom stereocenters. The Kier molecular flexibility index (Phi) is 2.95. The lowest BCUT2D eigenvalue weighted by molar-refractivity contribution is 0.933. The highest BCUT2D eigenvalue weighted by molar-refractivity contribution is 6.31. The zero-order valence-electron chi connectivity index (χ0n) is 6.86. The second-order valence-corrected chi connectivity index (χ2v) is 3.19. The van der Waals surface area contributed by atoms with Gasteiger partial charge in [0.25, 0.3) is 0 Å². The summed E-state index contributed by atoms with van der Waals surface area (Å²) in [6.07, 6.45) is 7.32. The molecule has 0 aliphatic heterocycles. The molecule has 0 amide bonds. The quantitative estimate of drug-likeness (QED) is 0.559. The van der Waals surface area contributed by atoms with Crippen LogP contribution < -0.4 is 0 Å². The minimum Gasteiger partial charge on any atom is -0.0955 e. The van der Waals surface area contributed by atoms with Crippen molar-refractivity contribution in [1.82, 2.24) is 0 Å². The van der Waals surface area contributed by atoms with E-state index >= 15 is 0 Å². The van der Waals surface area contributed by atoms with Crippen LogP contribution in [0.5, 0.6) is 0 Å². The molecule has 0 aromatic rings. The molecule has 0 N–H and O–H groups in total. The molecular formula is C10H13Cl. The van der Waals surface area contributed by atoms with E-state index in [1.54, 1.807) is 0 Å². The number of hydrogen-bond donors (Lipinski definition) is 0. The van der Waals surface area contributed by atoms with Crippen LogP contribution in [0.1, 0.15) is 26.2 Å². The van der Waals surface area contributed by atoms with Crippen molar-refractivity contribution < 1.29 is 0 Å². The van der Waals surface area contributed by atoms with Crippen molar-refractivity contribution in [3.8, 4) is 0 Å². The van der Waals surface area contributed by atoms with Gasteiger partial charge >= 0.3 is 0 Å². The second kappa shape index (κ2) is 3.77. The zero-order chi connectivity index (χ0) is 8.27. The van der Waals surface area contributed by atoms with E-state index in [1.807, 2.05) is 19.1 Å². The van der Waals surface area contributed by atoms with Gasteiger partial charge in [-0.25, -0.2) is 0 Å². The SMILES string of the molecule is C=C1CCC/C1=C(Cl)/C=C\C. The predicted octanol–water partition coefficient (Wildman–Crippen LogP) is 3.80. The van der Waals surface area contributed by atoms with Gasteiger partial charge in [-0.2, -0.15) is 0 Å². The maximum atomic E-state index is 6.01. The first kappa shape index (κ1) is 8.61. The normalized spacial score (nSPS) is 23.3. The summed E-state index contributed by atoms with van der Waals surface area (Å²) in [5.41, 5.74) is 2.47.